The second-order valence-electron chi connectivity index (χ2n) is 8.38. The molecule has 1 saturated carbocycles. The molecule has 0 aromatic carbocycles. The zero-order valence-electron chi connectivity index (χ0n) is 16.0. The van der Waals surface area contributed by atoms with Gasteiger partial charge in [0.2, 0.25) is 15.9 Å². The maximum absolute atomic E-state index is 12.5. The SMILES string of the molecule is CCS(=O)(=O)N1C2CCC1CC(c1cc(NC(=O)C3CC3)nc3[nH]ccc13)C2. The first kappa shape index (κ1) is 18.1. The van der Waals surface area contributed by atoms with E-state index in [1.54, 1.807) is 11.2 Å². The molecule has 7 nitrogen and oxygen atoms in total. The van der Waals surface area contributed by atoms with Gasteiger partial charge in [0.15, 0.2) is 0 Å². The van der Waals surface area contributed by atoms with Crippen molar-refractivity contribution in [2.75, 3.05) is 11.1 Å². The highest BCUT2D eigenvalue weighted by Gasteiger charge is 2.46. The summed E-state index contributed by atoms with van der Waals surface area (Å²) >= 11 is 0. The standard InChI is InChI=1S/C20H26N4O3S/c1-2-28(26,27)24-14-5-6-15(24)10-13(9-14)17-11-18(23-20(25)12-3-4-12)22-19-16(17)7-8-21-19/h7-8,11-15H,2-6,9-10H2,1H3,(H2,21,22,23,25). The number of hydrogen-bond acceptors (Lipinski definition) is 4. The molecular weight excluding hydrogens is 376 g/mol. The Balaban J connectivity index is 1.46. The summed E-state index contributed by atoms with van der Waals surface area (Å²) in [6.07, 6.45) is 7.32. The van der Waals surface area contributed by atoms with E-state index in [0.29, 0.717) is 5.82 Å². The van der Waals surface area contributed by atoms with Crippen LogP contribution in [-0.2, 0) is 14.8 Å². The molecule has 1 aliphatic carbocycles. The maximum Gasteiger partial charge on any atom is 0.228 e. The lowest BCUT2D eigenvalue weighted by atomic mass is 9.85. The summed E-state index contributed by atoms with van der Waals surface area (Å²) in [4.78, 5) is 19.9. The molecule has 2 saturated heterocycles. The number of carbonyl (C=O) groups is 1. The number of nitrogens with zero attached hydrogens (tertiary/aromatic N) is 2. The van der Waals surface area contributed by atoms with Crippen LogP contribution in [0.5, 0.6) is 0 Å². The van der Waals surface area contributed by atoms with Crippen molar-refractivity contribution in [3.63, 3.8) is 0 Å². The summed E-state index contributed by atoms with van der Waals surface area (Å²) in [6, 6.07) is 4.20. The summed E-state index contributed by atoms with van der Waals surface area (Å²) in [5.74, 6) is 1.21. The van der Waals surface area contributed by atoms with Crippen molar-refractivity contribution in [1.29, 1.82) is 0 Å². The van der Waals surface area contributed by atoms with Crippen molar-refractivity contribution in [3.05, 3.63) is 23.9 Å². The van der Waals surface area contributed by atoms with Gasteiger partial charge >= 0.3 is 0 Å². The largest absolute Gasteiger partial charge is 0.346 e. The van der Waals surface area contributed by atoms with Crippen molar-refractivity contribution in [1.82, 2.24) is 14.3 Å². The van der Waals surface area contributed by atoms with Crippen LogP contribution in [0, 0.1) is 5.92 Å². The van der Waals surface area contributed by atoms with E-state index in [2.05, 4.69) is 15.3 Å². The van der Waals surface area contributed by atoms with Gasteiger partial charge in [-0.25, -0.2) is 13.4 Å². The fraction of sp³-hybridized carbons (Fsp3) is 0.600. The lowest BCUT2D eigenvalue weighted by Crippen LogP contribution is -2.46. The molecule has 5 rings (SSSR count). The number of amides is 1. The Morgan fingerprint density at radius 2 is 1.96 bits per heavy atom. The predicted molar refractivity (Wildman–Crippen MR) is 108 cm³/mol. The lowest BCUT2D eigenvalue weighted by molar-refractivity contribution is -0.117. The van der Waals surface area contributed by atoms with Gasteiger partial charge in [-0.3, -0.25) is 4.79 Å². The molecule has 3 aliphatic rings. The number of piperidine rings is 1. The van der Waals surface area contributed by atoms with Crippen LogP contribution in [0.3, 0.4) is 0 Å². The molecule has 8 heteroatoms. The maximum atomic E-state index is 12.5. The van der Waals surface area contributed by atoms with E-state index in [1.165, 1.54) is 5.56 Å². The van der Waals surface area contributed by atoms with E-state index >= 15 is 0 Å². The molecule has 2 unspecified atom stereocenters. The number of sulfonamides is 1. The highest BCUT2D eigenvalue weighted by molar-refractivity contribution is 7.89. The molecule has 2 aromatic heterocycles. The number of anilines is 1. The van der Waals surface area contributed by atoms with Gasteiger partial charge in [0.1, 0.15) is 11.5 Å². The number of aromatic amines is 1. The summed E-state index contributed by atoms with van der Waals surface area (Å²) in [5.41, 5.74) is 1.95. The minimum absolute atomic E-state index is 0.0493. The van der Waals surface area contributed by atoms with E-state index < -0.39 is 10.0 Å². The van der Waals surface area contributed by atoms with Crippen molar-refractivity contribution in [2.45, 2.75) is 63.5 Å². The van der Waals surface area contributed by atoms with Gasteiger partial charge in [0, 0.05) is 29.6 Å². The number of pyridine rings is 1. The van der Waals surface area contributed by atoms with Crippen LogP contribution in [0.2, 0.25) is 0 Å². The molecule has 2 aromatic rings. The molecule has 2 bridgehead atoms. The van der Waals surface area contributed by atoms with Gasteiger partial charge < -0.3 is 10.3 Å². The number of H-pyrrole nitrogens is 1. The van der Waals surface area contributed by atoms with Crippen LogP contribution in [0.15, 0.2) is 18.3 Å². The van der Waals surface area contributed by atoms with Gasteiger partial charge in [-0.1, -0.05) is 0 Å². The Kier molecular flexibility index (Phi) is 4.24. The molecule has 3 fully saturated rings. The van der Waals surface area contributed by atoms with Crippen LogP contribution >= 0.6 is 0 Å². The first-order valence-corrected chi connectivity index (χ1v) is 11.9. The predicted octanol–water partition coefficient (Wildman–Crippen LogP) is 2.97. The zero-order valence-corrected chi connectivity index (χ0v) is 16.8. The van der Waals surface area contributed by atoms with Crippen LogP contribution in [0.1, 0.15) is 56.9 Å². The summed E-state index contributed by atoms with van der Waals surface area (Å²) in [7, 11) is -3.16. The highest BCUT2D eigenvalue weighted by atomic mass is 32.2. The third-order valence-electron chi connectivity index (χ3n) is 6.55. The average Bonchev–Trinajstić information content (AvgIpc) is 3.36. The van der Waals surface area contributed by atoms with E-state index in [9.17, 15) is 13.2 Å². The van der Waals surface area contributed by atoms with Crippen molar-refractivity contribution < 1.29 is 13.2 Å². The van der Waals surface area contributed by atoms with Crippen LogP contribution < -0.4 is 5.32 Å². The van der Waals surface area contributed by atoms with Gasteiger partial charge in [0.05, 0.1) is 5.75 Å². The molecule has 4 heterocycles. The minimum atomic E-state index is -3.16. The molecule has 0 spiro atoms. The number of hydrogen-bond donors (Lipinski definition) is 2. The fourth-order valence-electron chi connectivity index (χ4n) is 5.03. The van der Waals surface area contributed by atoms with Crippen LogP contribution in [-0.4, -0.2) is 46.4 Å². The van der Waals surface area contributed by atoms with Gasteiger partial charge in [-0.2, -0.15) is 4.31 Å². The second-order valence-corrected chi connectivity index (χ2v) is 10.5. The van der Waals surface area contributed by atoms with Crippen molar-refractivity contribution in [3.8, 4) is 0 Å². The smallest absolute Gasteiger partial charge is 0.228 e. The topological polar surface area (TPSA) is 95.2 Å². The first-order valence-electron chi connectivity index (χ1n) is 10.3. The van der Waals surface area contributed by atoms with Gasteiger partial charge in [-0.05, 0) is 69.1 Å². The van der Waals surface area contributed by atoms with E-state index in [0.717, 1.165) is 49.6 Å². The number of carbonyl (C=O) groups excluding carboxylic acids is 1. The molecule has 2 aliphatic heterocycles. The average molecular weight is 403 g/mol. The van der Waals surface area contributed by atoms with Crippen molar-refractivity contribution >= 4 is 32.8 Å². The molecule has 0 radical (unpaired) electrons. The quantitative estimate of drug-likeness (QED) is 0.804. The second kappa shape index (κ2) is 6.56. The molecule has 150 valence electrons. The number of rotatable bonds is 5. The fourth-order valence-corrected chi connectivity index (χ4v) is 6.62. The lowest BCUT2D eigenvalue weighted by Gasteiger charge is -2.38. The summed E-state index contributed by atoms with van der Waals surface area (Å²) in [5, 5.41) is 4.04. The van der Waals surface area contributed by atoms with E-state index in [-0.39, 0.29) is 35.6 Å². The normalized spacial score (nSPS) is 28.0. The van der Waals surface area contributed by atoms with Gasteiger partial charge in [0.25, 0.3) is 0 Å². The molecule has 28 heavy (non-hydrogen) atoms. The van der Waals surface area contributed by atoms with E-state index in [4.69, 9.17) is 0 Å². The Labute approximate surface area is 165 Å². The monoisotopic (exact) mass is 402 g/mol. The Morgan fingerprint density at radius 1 is 1.25 bits per heavy atom. The minimum Gasteiger partial charge on any atom is -0.346 e. The highest BCUT2D eigenvalue weighted by Crippen LogP contribution is 2.46. The third kappa shape index (κ3) is 3.03. The van der Waals surface area contributed by atoms with E-state index in [1.807, 2.05) is 18.3 Å². The van der Waals surface area contributed by atoms with Gasteiger partial charge in [-0.15, -0.1) is 0 Å². The zero-order chi connectivity index (χ0) is 19.5. The molecule has 1 amide bonds. The molecule has 2 atom stereocenters. The molecular formula is C20H26N4O3S. The van der Waals surface area contributed by atoms with Crippen molar-refractivity contribution in [2.24, 2.45) is 5.92 Å². The summed E-state index contributed by atoms with van der Waals surface area (Å²) in [6.45, 7) is 1.72. The first-order chi connectivity index (χ1) is 13.5. The molecule has 2 N–H and O–H groups in total. The number of fused-ring (bicyclic) bond motifs is 3. The third-order valence-corrected chi connectivity index (χ3v) is 8.52. The number of aromatic nitrogens is 2. The Bertz CT molecular complexity index is 1010. The van der Waals surface area contributed by atoms with Crippen LogP contribution in [0.25, 0.3) is 11.0 Å². The Morgan fingerprint density at radius 3 is 2.61 bits per heavy atom. The Hall–Kier alpha value is -1.93. The summed E-state index contributed by atoms with van der Waals surface area (Å²) < 4.78 is 26.9. The number of nitrogens with one attached hydrogen (secondary N) is 2. The van der Waals surface area contributed by atoms with Crippen LogP contribution in [0.4, 0.5) is 5.82 Å².